The van der Waals surface area contributed by atoms with Crippen LogP contribution in [-0.2, 0) is 11.2 Å². The number of carbonyl (C=O) groups excluding carboxylic acids is 1. The van der Waals surface area contributed by atoms with Crippen molar-refractivity contribution < 1.29 is 18.0 Å². The van der Waals surface area contributed by atoms with Gasteiger partial charge in [0.15, 0.2) is 0 Å². The van der Waals surface area contributed by atoms with Crippen LogP contribution in [0, 0.1) is 17.5 Å². The lowest BCUT2D eigenvalue weighted by molar-refractivity contribution is -0.117. The van der Waals surface area contributed by atoms with Crippen molar-refractivity contribution in [3.05, 3.63) is 59.4 Å². The molecule has 0 saturated heterocycles. The molecule has 2 nitrogen and oxygen atoms in total. The molecule has 0 saturated carbocycles. The predicted octanol–water partition coefficient (Wildman–Crippen LogP) is 2.80. The Labute approximate surface area is 107 Å². The van der Waals surface area contributed by atoms with Crippen molar-refractivity contribution in [3.63, 3.8) is 0 Å². The molecule has 2 N–H and O–H groups in total. The second kappa shape index (κ2) is 5.14. The first kappa shape index (κ1) is 13.1. The van der Waals surface area contributed by atoms with Gasteiger partial charge in [-0.3, -0.25) is 4.79 Å². The zero-order valence-corrected chi connectivity index (χ0v) is 9.79. The fraction of sp³-hybridized carbons (Fsp3) is 0.0714. The number of hydrogen-bond donors (Lipinski definition) is 1. The highest BCUT2D eigenvalue weighted by Crippen LogP contribution is 2.28. The van der Waals surface area contributed by atoms with Crippen molar-refractivity contribution in [2.45, 2.75) is 6.42 Å². The summed E-state index contributed by atoms with van der Waals surface area (Å²) in [4.78, 5) is 10.9. The molecule has 1 amide bonds. The van der Waals surface area contributed by atoms with E-state index in [9.17, 15) is 18.0 Å². The van der Waals surface area contributed by atoms with E-state index in [4.69, 9.17) is 5.73 Å². The fourth-order valence-corrected chi connectivity index (χ4v) is 1.86. The Morgan fingerprint density at radius 3 is 2.26 bits per heavy atom. The largest absolute Gasteiger partial charge is 0.369 e. The summed E-state index contributed by atoms with van der Waals surface area (Å²) in [5.74, 6) is -2.52. The molecule has 0 aliphatic heterocycles. The summed E-state index contributed by atoms with van der Waals surface area (Å²) in [5, 5.41) is 0. The first-order chi connectivity index (χ1) is 8.97. The van der Waals surface area contributed by atoms with Gasteiger partial charge in [-0.25, -0.2) is 13.2 Å². The SMILES string of the molecule is NC(=O)Cc1cc(F)ccc1-c1cc(F)ccc1F. The molecule has 98 valence electrons. The number of benzene rings is 2. The van der Waals surface area contributed by atoms with Gasteiger partial charge in [-0.05, 0) is 41.5 Å². The topological polar surface area (TPSA) is 43.1 Å². The number of rotatable bonds is 3. The summed E-state index contributed by atoms with van der Waals surface area (Å²) in [7, 11) is 0. The fourth-order valence-electron chi connectivity index (χ4n) is 1.86. The lowest BCUT2D eigenvalue weighted by atomic mass is 9.97. The normalized spacial score (nSPS) is 10.5. The van der Waals surface area contributed by atoms with E-state index < -0.39 is 23.4 Å². The smallest absolute Gasteiger partial charge is 0.221 e. The molecular formula is C14H10F3NO. The third kappa shape index (κ3) is 2.93. The first-order valence-corrected chi connectivity index (χ1v) is 5.49. The van der Waals surface area contributed by atoms with Gasteiger partial charge in [0.2, 0.25) is 5.91 Å². The summed E-state index contributed by atoms with van der Waals surface area (Å²) < 4.78 is 40.0. The van der Waals surface area contributed by atoms with Crippen LogP contribution in [0.1, 0.15) is 5.56 Å². The molecule has 2 aromatic carbocycles. The maximum Gasteiger partial charge on any atom is 0.221 e. The Morgan fingerprint density at radius 2 is 1.58 bits per heavy atom. The van der Waals surface area contributed by atoms with Crippen LogP contribution in [0.25, 0.3) is 11.1 Å². The summed E-state index contributed by atoms with van der Waals surface area (Å²) >= 11 is 0. The minimum atomic E-state index is -0.677. The van der Waals surface area contributed by atoms with E-state index in [2.05, 4.69) is 0 Å². The van der Waals surface area contributed by atoms with E-state index in [1.807, 2.05) is 0 Å². The Balaban J connectivity index is 2.60. The molecule has 0 heterocycles. The van der Waals surface area contributed by atoms with Crippen LogP contribution in [0.15, 0.2) is 36.4 Å². The van der Waals surface area contributed by atoms with Crippen LogP contribution in [0.2, 0.25) is 0 Å². The predicted molar refractivity (Wildman–Crippen MR) is 64.7 cm³/mol. The van der Waals surface area contributed by atoms with Crippen molar-refractivity contribution in [1.82, 2.24) is 0 Å². The van der Waals surface area contributed by atoms with Gasteiger partial charge < -0.3 is 5.73 Å². The lowest BCUT2D eigenvalue weighted by Crippen LogP contribution is -2.14. The average molecular weight is 265 g/mol. The van der Waals surface area contributed by atoms with Gasteiger partial charge in [0, 0.05) is 5.56 Å². The maximum absolute atomic E-state index is 13.7. The number of primary amides is 1. The van der Waals surface area contributed by atoms with Crippen molar-refractivity contribution in [2.75, 3.05) is 0 Å². The van der Waals surface area contributed by atoms with Crippen molar-refractivity contribution in [1.29, 1.82) is 0 Å². The Morgan fingerprint density at radius 1 is 0.947 bits per heavy atom. The van der Waals surface area contributed by atoms with Gasteiger partial charge in [-0.2, -0.15) is 0 Å². The van der Waals surface area contributed by atoms with Gasteiger partial charge in [0.25, 0.3) is 0 Å². The van der Waals surface area contributed by atoms with E-state index in [0.29, 0.717) is 0 Å². The Bertz CT molecular complexity index is 641. The molecule has 5 heteroatoms. The van der Waals surface area contributed by atoms with Gasteiger partial charge >= 0.3 is 0 Å². The first-order valence-electron chi connectivity index (χ1n) is 5.49. The standard InChI is InChI=1S/C14H10F3NO/c15-9-1-3-11(8(5-9)6-14(18)19)12-7-10(16)2-4-13(12)17/h1-5,7H,6H2,(H2,18,19). The molecular weight excluding hydrogens is 255 g/mol. The highest BCUT2D eigenvalue weighted by molar-refractivity contribution is 5.80. The number of halogens is 3. The highest BCUT2D eigenvalue weighted by Gasteiger charge is 2.13. The molecule has 2 aromatic rings. The van der Waals surface area contributed by atoms with Gasteiger partial charge in [-0.1, -0.05) is 6.07 Å². The molecule has 0 bridgehead atoms. The van der Waals surface area contributed by atoms with E-state index in [0.717, 1.165) is 30.3 Å². The van der Waals surface area contributed by atoms with Crippen LogP contribution in [0.3, 0.4) is 0 Å². The van der Waals surface area contributed by atoms with Gasteiger partial charge in [-0.15, -0.1) is 0 Å². The van der Waals surface area contributed by atoms with E-state index in [1.165, 1.54) is 6.07 Å². The monoisotopic (exact) mass is 265 g/mol. The van der Waals surface area contributed by atoms with Gasteiger partial charge in [0.05, 0.1) is 6.42 Å². The van der Waals surface area contributed by atoms with Crippen molar-refractivity contribution in [3.8, 4) is 11.1 Å². The second-order valence-electron chi connectivity index (χ2n) is 4.07. The van der Waals surface area contributed by atoms with Crippen LogP contribution in [0.5, 0.6) is 0 Å². The van der Waals surface area contributed by atoms with E-state index >= 15 is 0 Å². The summed E-state index contributed by atoms with van der Waals surface area (Å²) in [6.07, 6.45) is -0.247. The minimum absolute atomic E-state index is 0.0312. The molecule has 0 aromatic heterocycles. The number of nitrogens with two attached hydrogens (primary N) is 1. The lowest BCUT2D eigenvalue weighted by Gasteiger charge is -2.10. The quantitative estimate of drug-likeness (QED) is 0.911. The average Bonchev–Trinajstić information content (AvgIpc) is 2.32. The molecule has 0 atom stereocenters. The Hall–Kier alpha value is -2.30. The van der Waals surface area contributed by atoms with Gasteiger partial charge in [0.1, 0.15) is 17.5 Å². The van der Waals surface area contributed by atoms with Crippen molar-refractivity contribution >= 4 is 5.91 Å². The van der Waals surface area contributed by atoms with Crippen LogP contribution in [0.4, 0.5) is 13.2 Å². The molecule has 0 radical (unpaired) electrons. The number of amides is 1. The van der Waals surface area contributed by atoms with Crippen LogP contribution < -0.4 is 5.73 Å². The molecule has 0 fully saturated rings. The summed E-state index contributed by atoms with van der Waals surface area (Å²) in [5.41, 5.74) is 5.50. The van der Waals surface area contributed by atoms with Crippen LogP contribution in [-0.4, -0.2) is 5.91 Å². The van der Waals surface area contributed by atoms with E-state index in [1.54, 1.807) is 0 Å². The second-order valence-corrected chi connectivity index (χ2v) is 4.07. The summed E-state index contributed by atoms with van der Waals surface area (Å²) in [6, 6.07) is 6.45. The molecule has 0 aliphatic rings. The molecule has 0 spiro atoms. The Kier molecular flexibility index (Phi) is 3.55. The number of hydrogen-bond acceptors (Lipinski definition) is 1. The maximum atomic E-state index is 13.7. The van der Waals surface area contributed by atoms with E-state index in [-0.39, 0.29) is 23.1 Å². The number of carbonyl (C=O) groups is 1. The van der Waals surface area contributed by atoms with Crippen LogP contribution >= 0.6 is 0 Å². The molecule has 19 heavy (non-hydrogen) atoms. The molecule has 2 rings (SSSR count). The summed E-state index contributed by atoms with van der Waals surface area (Å²) in [6.45, 7) is 0. The minimum Gasteiger partial charge on any atom is -0.369 e. The zero-order chi connectivity index (χ0) is 14.0. The zero-order valence-electron chi connectivity index (χ0n) is 9.79. The molecule has 0 aliphatic carbocycles. The van der Waals surface area contributed by atoms with Crippen molar-refractivity contribution in [2.24, 2.45) is 5.73 Å². The third-order valence-corrected chi connectivity index (χ3v) is 2.65. The molecule has 0 unspecified atom stereocenters. The third-order valence-electron chi connectivity index (χ3n) is 2.65. The highest BCUT2D eigenvalue weighted by atomic mass is 19.1.